The summed E-state index contributed by atoms with van der Waals surface area (Å²) in [4.78, 5) is 23.8. The van der Waals surface area contributed by atoms with Gasteiger partial charge >= 0.3 is 5.97 Å². The van der Waals surface area contributed by atoms with Crippen LogP contribution in [0.25, 0.3) is 5.52 Å². The zero-order chi connectivity index (χ0) is 14.2. The van der Waals surface area contributed by atoms with E-state index in [1.165, 1.54) is 6.20 Å². The highest BCUT2D eigenvalue weighted by atomic mass is 16.4. The van der Waals surface area contributed by atoms with Crippen LogP contribution in [0.2, 0.25) is 0 Å². The van der Waals surface area contributed by atoms with Crippen molar-refractivity contribution in [1.82, 2.24) is 14.9 Å². The first-order valence-corrected chi connectivity index (χ1v) is 6.61. The van der Waals surface area contributed by atoms with E-state index in [9.17, 15) is 14.7 Å². The molecule has 2 aromatic heterocycles. The fourth-order valence-electron chi connectivity index (χ4n) is 2.77. The largest absolute Gasteiger partial charge is 0.480 e. The average molecular weight is 273 g/mol. The van der Waals surface area contributed by atoms with Crippen molar-refractivity contribution >= 4 is 17.4 Å². The molecule has 0 spiro atoms. The third-order valence-electron chi connectivity index (χ3n) is 3.89. The number of aliphatic carboxylic acids is 1. The maximum atomic E-state index is 12.4. The van der Waals surface area contributed by atoms with Gasteiger partial charge in [-0.1, -0.05) is 18.9 Å². The standard InChI is InChI=1S/C14H15N3O3/c18-12(16-14(13(19)20)6-2-3-7-14)10-9-15-17-8-4-1-5-11(10)17/h1,4-5,8-9H,2-3,6-7H2,(H,16,18)(H,19,20). The number of aromatic nitrogens is 2. The minimum absolute atomic E-state index is 0.379. The lowest BCUT2D eigenvalue weighted by molar-refractivity contribution is -0.144. The number of pyridine rings is 1. The van der Waals surface area contributed by atoms with Gasteiger partial charge in [0.2, 0.25) is 0 Å². The molecular formula is C14H15N3O3. The molecule has 104 valence electrons. The quantitative estimate of drug-likeness (QED) is 0.886. The molecule has 1 aliphatic rings. The molecule has 2 heterocycles. The summed E-state index contributed by atoms with van der Waals surface area (Å²) >= 11 is 0. The Hall–Kier alpha value is -2.37. The van der Waals surface area contributed by atoms with Crippen LogP contribution in [0, 0.1) is 0 Å². The summed E-state index contributed by atoms with van der Waals surface area (Å²) in [5.41, 5.74) is -0.0539. The molecule has 0 aromatic carbocycles. The minimum atomic E-state index is -1.12. The summed E-state index contributed by atoms with van der Waals surface area (Å²) in [6.07, 6.45) is 5.81. The van der Waals surface area contributed by atoms with Crippen molar-refractivity contribution in [2.24, 2.45) is 0 Å². The number of hydrogen-bond acceptors (Lipinski definition) is 3. The van der Waals surface area contributed by atoms with Crippen molar-refractivity contribution in [3.8, 4) is 0 Å². The third-order valence-corrected chi connectivity index (χ3v) is 3.89. The Labute approximate surface area is 115 Å². The molecule has 20 heavy (non-hydrogen) atoms. The highest BCUT2D eigenvalue weighted by Crippen LogP contribution is 2.30. The number of hydrogen-bond donors (Lipinski definition) is 2. The predicted molar refractivity (Wildman–Crippen MR) is 71.5 cm³/mol. The summed E-state index contributed by atoms with van der Waals surface area (Å²) in [6.45, 7) is 0. The molecule has 1 amide bonds. The second-order valence-electron chi connectivity index (χ2n) is 5.14. The molecule has 2 N–H and O–H groups in total. The lowest BCUT2D eigenvalue weighted by atomic mass is 9.97. The zero-order valence-corrected chi connectivity index (χ0v) is 10.9. The van der Waals surface area contributed by atoms with Crippen molar-refractivity contribution in [3.63, 3.8) is 0 Å². The van der Waals surface area contributed by atoms with Crippen LogP contribution in [0.3, 0.4) is 0 Å². The molecule has 6 heteroatoms. The molecule has 2 aromatic rings. The summed E-state index contributed by atoms with van der Waals surface area (Å²) in [7, 11) is 0. The van der Waals surface area contributed by atoms with E-state index in [1.54, 1.807) is 16.8 Å². The van der Waals surface area contributed by atoms with Gasteiger partial charge in [0.1, 0.15) is 5.54 Å². The van der Waals surface area contributed by atoms with Gasteiger partial charge in [0.15, 0.2) is 0 Å². The van der Waals surface area contributed by atoms with Gasteiger partial charge in [0.05, 0.1) is 17.3 Å². The number of nitrogens with one attached hydrogen (secondary N) is 1. The van der Waals surface area contributed by atoms with E-state index in [1.807, 2.05) is 12.1 Å². The molecule has 0 bridgehead atoms. The van der Waals surface area contributed by atoms with Crippen LogP contribution in [0.4, 0.5) is 0 Å². The van der Waals surface area contributed by atoms with E-state index in [0.29, 0.717) is 23.9 Å². The first-order chi connectivity index (χ1) is 9.62. The van der Waals surface area contributed by atoms with E-state index in [0.717, 1.165) is 12.8 Å². The Morgan fingerprint density at radius 2 is 2.05 bits per heavy atom. The fourth-order valence-corrected chi connectivity index (χ4v) is 2.77. The molecule has 0 radical (unpaired) electrons. The molecule has 0 atom stereocenters. The van der Waals surface area contributed by atoms with Gasteiger partial charge in [-0.2, -0.15) is 5.10 Å². The molecule has 1 aliphatic carbocycles. The van der Waals surface area contributed by atoms with Crippen LogP contribution in [-0.4, -0.2) is 32.1 Å². The van der Waals surface area contributed by atoms with Crippen LogP contribution < -0.4 is 5.32 Å². The Morgan fingerprint density at radius 1 is 1.30 bits per heavy atom. The van der Waals surface area contributed by atoms with E-state index < -0.39 is 11.5 Å². The smallest absolute Gasteiger partial charge is 0.329 e. The highest BCUT2D eigenvalue weighted by molar-refractivity contribution is 6.03. The number of carbonyl (C=O) groups excluding carboxylic acids is 1. The number of carbonyl (C=O) groups is 2. The summed E-state index contributed by atoms with van der Waals surface area (Å²) < 4.78 is 1.59. The first-order valence-electron chi connectivity index (χ1n) is 6.61. The van der Waals surface area contributed by atoms with Gasteiger partial charge < -0.3 is 10.4 Å². The Bertz CT molecular complexity index is 671. The zero-order valence-electron chi connectivity index (χ0n) is 10.9. The normalized spacial score (nSPS) is 17.2. The Balaban J connectivity index is 1.91. The minimum Gasteiger partial charge on any atom is -0.480 e. The topological polar surface area (TPSA) is 83.7 Å². The molecule has 0 saturated heterocycles. The van der Waals surface area contributed by atoms with Gasteiger partial charge in [-0.05, 0) is 25.0 Å². The summed E-state index contributed by atoms with van der Waals surface area (Å²) in [5, 5.41) is 16.2. The average Bonchev–Trinajstić information content (AvgIpc) is 3.05. The lowest BCUT2D eigenvalue weighted by Gasteiger charge is -2.25. The predicted octanol–water partition coefficient (Wildman–Crippen LogP) is 1.46. The Morgan fingerprint density at radius 3 is 2.75 bits per heavy atom. The molecule has 1 saturated carbocycles. The van der Waals surface area contributed by atoms with Gasteiger partial charge in [-0.15, -0.1) is 0 Å². The van der Waals surface area contributed by atoms with Crippen molar-refractivity contribution < 1.29 is 14.7 Å². The third kappa shape index (κ3) is 1.93. The first kappa shape index (κ1) is 12.7. The van der Waals surface area contributed by atoms with Gasteiger partial charge in [-0.3, -0.25) is 4.79 Å². The van der Waals surface area contributed by atoms with Crippen molar-refractivity contribution in [2.75, 3.05) is 0 Å². The van der Waals surface area contributed by atoms with Gasteiger partial charge in [0.25, 0.3) is 5.91 Å². The molecule has 1 fully saturated rings. The maximum Gasteiger partial charge on any atom is 0.329 e. The van der Waals surface area contributed by atoms with Crippen molar-refractivity contribution in [1.29, 1.82) is 0 Å². The van der Waals surface area contributed by atoms with E-state index in [2.05, 4.69) is 10.4 Å². The van der Waals surface area contributed by atoms with Crippen LogP contribution in [0.15, 0.2) is 30.6 Å². The summed E-state index contributed by atoms with van der Waals surface area (Å²) in [6, 6.07) is 5.41. The van der Waals surface area contributed by atoms with Crippen molar-refractivity contribution in [2.45, 2.75) is 31.2 Å². The summed E-state index contributed by atoms with van der Waals surface area (Å²) in [5.74, 6) is -1.34. The number of fused-ring (bicyclic) bond motifs is 1. The number of nitrogens with zero attached hydrogens (tertiary/aromatic N) is 2. The number of rotatable bonds is 3. The molecule has 3 rings (SSSR count). The van der Waals surface area contributed by atoms with Crippen LogP contribution >= 0.6 is 0 Å². The highest BCUT2D eigenvalue weighted by Gasteiger charge is 2.43. The maximum absolute atomic E-state index is 12.4. The number of carboxylic acids is 1. The fraction of sp³-hybridized carbons (Fsp3) is 0.357. The van der Waals surface area contributed by atoms with E-state index >= 15 is 0 Å². The van der Waals surface area contributed by atoms with E-state index in [4.69, 9.17) is 0 Å². The second-order valence-corrected chi connectivity index (χ2v) is 5.14. The van der Waals surface area contributed by atoms with Crippen molar-refractivity contribution in [3.05, 3.63) is 36.2 Å². The molecule has 0 unspecified atom stereocenters. The van der Waals surface area contributed by atoms with Gasteiger partial charge in [0, 0.05) is 6.20 Å². The number of carboxylic acid groups (broad SMARTS) is 1. The molecular weight excluding hydrogens is 258 g/mol. The molecule has 6 nitrogen and oxygen atoms in total. The molecule has 0 aliphatic heterocycles. The monoisotopic (exact) mass is 273 g/mol. The van der Waals surface area contributed by atoms with Gasteiger partial charge in [-0.25, -0.2) is 9.31 Å². The number of amides is 1. The van der Waals surface area contributed by atoms with Crippen LogP contribution in [0.5, 0.6) is 0 Å². The van der Waals surface area contributed by atoms with E-state index in [-0.39, 0.29) is 5.91 Å². The van der Waals surface area contributed by atoms with Crippen LogP contribution in [0.1, 0.15) is 36.0 Å². The van der Waals surface area contributed by atoms with Crippen LogP contribution in [-0.2, 0) is 4.79 Å². The lowest BCUT2D eigenvalue weighted by Crippen LogP contribution is -2.52. The second kappa shape index (κ2) is 4.63. The Kier molecular flexibility index (Phi) is 2.93. The SMILES string of the molecule is O=C(NC1(C(=O)O)CCCC1)c1cnn2ccccc12.